The molecule has 2 aromatic rings. The average molecular weight is 389 g/mol. The summed E-state index contributed by atoms with van der Waals surface area (Å²) >= 11 is 7.68. The fourth-order valence-electron chi connectivity index (χ4n) is 1.95. The van der Waals surface area contributed by atoms with Crippen LogP contribution in [-0.2, 0) is 11.9 Å². The Kier molecular flexibility index (Phi) is 7.01. The van der Waals surface area contributed by atoms with Crippen molar-refractivity contribution < 1.29 is 18.0 Å². The van der Waals surface area contributed by atoms with E-state index in [9.17, 15) is 18.0 Å². The first-order valence-corrected chi connectivity index (χ1v) is 8.93. The summed E-state index contributed by atoms with van der Waals surface area (Å²) in [5.74, 6) is 1.42. The lowest BCUT2D eigenvalue weighted by molar-refractivity contribution is -0.137. The number of carbonyl (C=O) groups excluding carboxylic acids is 1. The standard InChI is InChI=1S/C17H16ClF3N2OS/c18-15-4-2-1-3-12(15)11-25-10-9-22-16(24)23-14-7-5-13(6-8-14)17(19,20)21/h1-8H,9-11H2,(H2,22,23,24). The van der Waals surface area contributed by atoms with Gasteiger partial charge in [-0.2, -0.15) is 24.9 Å². The Labute approximate surface area is 152 Å². The van der Waals surface area contributed by atoms with E-state index in [1.165, 1.54) is 12.1 Å². The first-order valence-electron chi connectivity index (χ1n) is 7.39. The molecule has 0 aliphatic carbocycles. The van der Waals surface area contributed by atoms with Crippen molar-refractivity contribution in [1.29, 1.82) is 0 Å². The molecular formula is C17H16ClF3N2OS. The zero-order valence-corrected chi connectivity index (χ0v) is 14.6. The van der Waals surface area contributed by atoms with Crippen molar-refractivity contribution in [3.63, 3.8) is 0 Å². The van der Waals surface area contributed by atoms with E-state index in [4.69, 9.17) is 11.6 Å². The van der Waals surface area contributed by atoms with E-state index in [1.54, 1.807) is 11.8 Å². The van der Waals surface area contributed by atoms with E-state index in [1.807, 2.05) is 24.3 Å². The van der Waals surface area contributed by atoms with Crippen LogP contribution in [0.2, 0.25) is 5.02 Å². The van der Waals surface area contributed by atoms with Crippen molar-refractivity contribution in [3.05, 3.63) is 64.7 Å². The van der Waals surface area contributed by atoms with Crippen LogP contribution in [0.1, 0.15) is 11.1 Å². The van der Waals surface area contributed by atoms with Gasteiger partial charge in [0.2, 0.25) is 0 Å². The molecule has 0 fully saturated rings. The highest BCUT2D eigenvalue weighted by Gasteiger charge is 2.29. The topological polar surface area (TPSA) is 41.1 Å². The van der Waals surface area contributed by atoms with Crippen LogP contribution in [0.25, 0.3) is 0 Å². The van der Waals surface area contributed by atoms with E-state index in [0.717, 1.165) is 23.4 Å². The zero-order chi connectivity index (χ0) is 18.3. The summed E-state index contributed by atoms with van der Waals surface area (Å²) in [5.41, 5.74) is 0.576. The highest BCUT2D eigenvalue weighted by Crippen LogP contribution is 2.29. The predicted molar refractivity (Wildman–Crippen MR) is 96.1 cm³/mol. The number of hydrogen-bond donors (Lipinski definition) is 2. The Morgan fingerprint density at radius 3 is 2.40 bits per heavy atom. The van der Waals surface area contributed by atoms with Crippen molar-refractivity contribution in [2.45, 2.75) is 11.9 Å². The Balaban J connectivity index is 1.68. The summed E-state index contributed by atoms with van der Waals surface area (Å²) in [6.45, 7) is 0.432. The van der Waals surface area contributed by atoms with Crippen molar-refractivity contribution in [2.24, 2.45) is 0 Å². The number of nitrogens with one attached hydrogen (secondary N) is 2. The molecule has 2 amide bonds. The second kappa shape index (κ2) is 9.01. The fraction of sp³-hybridized carbons (Fsp3) is 0.235. The first-order chi connectivity index (χ1) is 11.9. The third-order valence-electron chi connectivity index (χ3n) is 3.22. The van der Waals surface area contributed by atoms with Gasteiger partial charge in [-0.1, -0.05) is 29.8 Å². The third-order valence-corrected chi connectivity index (χ3v) is 4.59. The van der Waals surface area contributed by atoms with Gasteiger partial charge >= 0.3 is 12.2 Å². The molecule has 0 unspecified atom stereocenters. The molecule has 0 heterocycles. The Morgan fingerprint density at radius 2 is 1.76 bits per heavy atom. The third kappa shape index (κ3) is 6.51. The number of carbonyl (C=O) groups is 1. The van der Waals surface area contributed by atoms with E-state index >= 15 is 0 Å². The van der Waals surface area contributed by atoms with Gasteiger partial charge in [0.1, 0.15) is 0 Å². The average Bonchev–Trinajstić information content (AvgIpc) is 2.56. The van der Waals surface area contributed by atoms with Gasteiger partial charge in [0.15, 0.2) is 0 Å². The maximum atomic E-state index is 12.5. The molecule has 0 radical (unpaired) electrons. The lowest BCUT2D eigenvalue weighted by Crippen LogP contribution is -2.30. The molecule has 0 saturated carbocycles. The van der Waals surface area contributed by atoms with E-state index < -0.39 is 17.8 Å². The van der Waals surface area contributed by atoms with Gasteiger partial charge in [-0.05, 0) is 35.9 Å². The molecule has 0 atom stereocenters. The number of hydrogen-bond acceptors (Lipinski definition) is 2. The number of alkyl halides is 3. The molecule has 0 spiro atoms. The summed E-state index contributed by atoms with van der Waals surface area (Å²) in [6.07, 6.45) is -4.39. The molecule has 134 valence electrons. The molecule has 2 aromatic carbocycles. The molecule has 0 saturated heterocycles. The van der Waals surface area contributed by atoms with E-state index in [0.29, 0.717) is 23.0 Å². The number of thioether (sulfide) groups is 1. The molecule has 8 heteroatoms. The minimum atomic E-state index is -4.39. The van der Waals surface area contributed by atoms with Crippen LogP contribution < -0.4 is 10.6 Å². The molecule has 0 bridgehead atoms. The van der Waals surface area contributed by atoms with Gasteiger partial charge in [0, 0.05) is 28.8 Å². The highest BCUT2D eigenvalue weighted by molar-refractivity contribution is 7.98. The van der Waals surface area contributed by atoms with Crippen molar-refractivity contribution in [2.75, 3.05) is 17.6 Å². The molecule has 2 rings (SSSR count). The van der Waals surface area contributed by atoms with Crippen molar-refractivity contribution in [3.8, 4) is 0 Å². The first kappa shape index (κ1) is 19.5. The summed E-state index contributed by atoms with van der Waals surface area (Å²) in [6, 6.07) is 11.4. The van der Waals surface area contributed by atoms with Gasteiger partial charge in [-0.25, -0.2) is 4.79 Å². The van der Waals surface area contributed by atoms with Gasteiger partial charge in [-0.3, -0.25) is 0 Å². The molecule has 3 nitrogen and oxygen atoms in total. The van der Waals surface area contributed by atoms with Crippen LogP contribution in [0.3, 0.4) is 0 Å². The van der Waals surface area contributed by atoms with Crippen LogP contribution in [0.15, 0.2) is 48.5 Å². The zero-order valence-electron chi connectivity index (χ0n) is 13.1. The Hall–Kier alpha value is -1.86. The van der Waals surface area contributed by atoms with Gasteiger partial charge in [0.05, 0.1) is 5.56 Å². The number of benzene rings is 2. The summed E-state index contributed by atoms with van der Waals surface area (Å²) in [4.78, 5) is 11.7. The highest BCUT2D eigenvalue weighted by atomic mass is 35.5. The van der Waals surface area contributed by atoms with Crippen molar-refractivity contribution >= 4 is 35.1 Å². The lowest BCUT2D eigenvalue weighted by atomic mass is 10.2. The van der Waals surface area contributed by atoms with Crippen LogP contribution in [0, 0.1) is 0 Å². The summed E-state index contributed by atoms with van der Waals surface area (Å²) in [7, 11) is 0. The quantitative estimate of drug-likeness (QED) is 0.649. The maximum absolute atomic E-state index is 12.5. The number of urea groups is 1. The predicted octanol–water partition coefficient (Wildman–Crippen LogP) is 5.41. The minimum absolute atomic E-state index is 0.300. The summed E-state index contributed by atoms with van der Waals surface area (Å²) < 4.78 is 37.4. The second-order valence-electron chi connectivity index (χ2n) is 5.10. The smallest absolute Gasteiger partial charge is 0.337 e. The SMILES string of the molecule is O=C(NCCSCc1ccccc1Cl)Nc1ccc(C(F)(F)F)cc1. The van der Waals surface area contributed by atoms with Crippen LogP contribution in [0.5, 0.6) is 0 Å². The number of halogens is 4. The number of rotatable bonds is 6. The molecule has 0 aromatic heterocycles. The van der Waals surface area contributed by atoms with E-state index in [-0.39, 0.29) is 0 Å². The van der Waals surface area contributed by atoms with Gasteiger partial charge in [0.25, 0.3) is 0 Å². The number of amides is 2. The normalized spacial score (nSPS) is 11.2. The van der Waals surface area contributed by atoms with Crippen molar-refractivity contribution in [1.82, 2.24) is 5.32 Å². The Morgan fingerprint density at radius 1 is 1.08 bits per heavy atom. The minimum Gasteiger partial charge on any atom is -0.337 e. The second-order valence-corrected chi connectivity index (χ2v) is 6.61. The molecule has 25 heavy (non-hydrogen) atoms. The summed E-state index contributed by atoms with van der Waals surface area (Å²) in [5, 5.41) is 5.85. The largest absolute Gasteiger partial charge is 0.416 e. The maximum Gasteiger partial charge on any atom is 0.416 e. The van der Waals surface area contributed by atoms with Gasteiger partial charge in [-0.15, -0.1) is 0 Å². The van der Waals surface area contributed by atoms with Crippen LogP contribution >= 0.6 is 23.4 Å². The van der Waals surface area contributed by atoms with Crippen LogP contribution in [-0.4, -0.2) is 18.3 Å². The fourth-order valence-corrected chi connectivity index (χ4v) is 3.10. The number of anilines is 1. The molecule has 0 aliphatic rings. The molecule has 2 N–H and O–H groups in total. The monoisotopic (exact) mass is 388 g/mol. The Bertz CT molecular complexity index is 708. The van der Waals surface area contributed by atoms with Crippen LogP contribution in [0.4, 0.5) is 23.7 Å². The van der Waals surface area contributed by atoms with E-state index in [2.05, 4.69) is 10.6 Å². The van der Waals surface area contributed by atoms with Gasteiger partial charge < -0.3 is 10.6 Å². The molecule has 0 aliphatic heterocycles. The molecular weight excluding hydrogens is 373 g/mol. The lowest BCUT2D eigenvalue weighted by Gasteiger charge is -2.10.